The predicted octanol–water partition coefficient (Wildman–Crippen LogP) is 5.92. The van der Waals surface area contributed by atoms with Crippen molar-refractivity contribution in [1.29, 1.82) is 0 Å². The molecular weight excluding hydrogens is 648 g/mol. The van der Waals surface area contributed by atoms with E-state index in [1.165, 1.54) is 18.2 Å². The molecule has 4 aromatic rings. The summed E-state index contributed by atoms with van der Waals surface area (Å²) in [5.41, 5.74) is 3.32. The van der Waals surface area contributed by atoms with Gasteiger partial charge in [-0.3, -0.25) is 4.79 Å². The highest BCUT2D eigenvalue weighted by atomic mass is 35.5. The van der Waals surface area contributed by atoms with Crippen LogP contribution in [0.15, 0.2) is 91.0 Å². The van der Waals surface area contributed by atoms with E-state index in [2.05, 4.69) is 15.0 Å². The molecule has 7 rings (SSSR count). The molecule has 0 aromatic heterocycles. The van der Waals surface area contributed by atoms with Crippen molar-refractivity contribution in [2.45, 2.75) is 50.0 Å². The van der Waals surface area contributed by atoms with Gasteiger partial charge in [-0.2, -0.15) is 0 Å². The zero-order valence-corrected chi connectivity index (χ0v) is 27.3. The van der Waals surface area contributed by atoms with Gasteiger partial charge in [0.15, 0.2) is 6.29 Å². The Morgan fingerprint density at radius 1 is 0.878 bits per heavy atom. The topological polar surface area (TPSA) is 135 Å². The van der Waals surface area contributed by atoms with Crippen LogP contribution in [-0.4, -0.2) is 58.7 Å². The molecule has 2 saturated heterocycles. The summed E-state index contributed by atoms with van der Waals surface area (Å²) in [5.74, 6) is -1.96. The Kier molecular flexibility index (Phi) is 9.34. The minimum absolute atomic E-state index is 0.0519. The highest BCUT2D eigenvalue weighted by Crippen LogP contribution is 2.40. The fourth-order valence-corrected chi connectivity index (χ4v) is 6.79. The number of hydrogen-bond donors (Lipinski definition) is 3. The SMILES string of the molecule is O=C(Nc1cccc(C2OC(CN3CCC(O)(c4ccc(Cl)cc4)CC3)CC(c3ccc(CO)cc3)O2)c1)c1ccc2c(c1)C(=O)OC2=O. The maximum absolute atomic E-state index is 13.1. The summed E-state index contributed by atoms with van der Waals surface area (Å²) in [7, 11) is 0. The van der Waals surface area contributed by atoms with Crippen molar-refractivity contribution in [3.63, 3.8) is 0 Å². The molecule has 0 bridgehead atoms. The second-order valence-electron chi connectivity index (χ2n) is 12.7. The molecule has 11 heteroatoms. The second-order valence-corrected chi connectivity index (χ2v) is 13.1. The summed E-state index contributed by atoms with van der Waals surface area (Å²) in [6, 6.07) is 26.5. The minimum atomic E-state index is -0.914. The number of fused-ring (bicyclic) bond motifs is 1. The van der Waals surface area contributed by atoms with Crippen molar-refractivity contribution in [3.8, 4) is 0 Å². The zero-order valence-electron chi connectivity index (χ0n) is 26.5. The van der Waals surface area contributed by atoms with Crippen LogP contribution in [0.5, 0.6) is 0 Å². The van der Waals surface area contributed by atoms with E-state index in [1.807, 2.05) is 42.5 Å². The number of esters is 2. The van der Waals surface area contributed by atoms with Gasteiger partial charge in [0.2, 0.25) is 0 Å². The van der Waals surface area contributed by atoms with E-state index in [1.54, 1.807) is 30.3 Å². The lowest BCUT2D eigenvalue weighted by Gasteiger charge is -2.42. The Morgan fingerprint density at radius 3 is 2.35 bits per heavy atom. The average molecular weight is 683 g/mol. The molecule has 0 spiro atoms. The van der Waals surface area contributed by atoms with Crippen molar-refractivity contribution >= 4 is 35.1 Å². The Labute approximate surface area is 288 Å². The van der Waals surface area contributed by atoms with Crippen molar-refractivity contribution in [2.75, 3.05) is 25.0 Å². The molecule has 3 heterocycles. The summed E-state index contributed by atoms with van der Waals surface area (Å²) < 4.78 is 17.7. The van der Waals surface area contributed by atoms with Crippen molar-refractivity contribution in [3.05, 3.63) is 135 Å². The van der Waals surface area contributed by atoms with Crippen LogP contribution < -0.4 is 5.32 Å². The minimum Gasteiger partial charge on any atom is -0.392 e. The van der Waals surface area contributed by atoms with Gasteiger partial charge >= 0.3 is 11.9 Å². The summed E-state index contributed by atoms with van der Waals surface area (Å²) in [6.45, 7) is 1.97. The van der Waals surface area contributed by atoms with Gasteiger partial charge in [-0.15, -0.1) is 0 Å². The van der Waals surface area contributed by atoms with Gasteiger partial charge in [0.05, 0.1) is 35.5 Å². The summed E-state index contributed by atoms with van der Waals surface area (Å²) in [4.78, 5) is 39.3. The molecule has 3 aliphatic rings. The smallest absolute Gasteiger partial charge is 0.346 e. The quantitative estimate of drug-likeness (QED) is 0.153. The largest absolute Gasteiger partial charge is 0.392 e. The third-order valence-electron chi connectivity index (χ3n) is 9.47. The van der Waals surface area contributed by atoms with Crippen molar-refractivity contribution in [2.24, 2.45) is 0 Å². The Hall–Kier alpha value is -4.42. The van der Waals surface area contributed by atoms with Crippen LogP contribution >= 0.6 is 11.6 Å². The molecule has 4 aromatic carbocycles. The molecule has 3 aliphatic heterocycles. The Balaban J connectivity index is 1.07. The van der Waals surface area contributed by atoms with Crippen LogP contribution in [0.3, 0.4) is 0 Å². The molecule has 3 N–H and O–H groups in total. The van der Waals surface area contributed by atoms with Gasteiger partial charge < -0.3 is 34.6 Å². The van der Waals surface area contributed by atoms with Gasteiger partial charge in [0.25, 0.3) is 5.91 Å². The van der Waals surface area contributed by atoms with Crippen LogP contribution in [0.2, 0.25) is 5.02 Å². The third-order valence-corrected chi connectivity index (χ3v) is 9.72. The number of hydrogen-bond acceptors (Lipinski definition) is 9. The molecule has 3 atom stereocenters. The summed E-state index contributed by atoms with van der Waals surface area (Å²) in [6.07, 6.45) is 0.532. The first-order chi connectivity index (χ1) is 23.7. The van der Waals surface area contributed by atoms with Gasteiger partial charge in [-0.05, 0) is 72.0 Å². The number of benzene rings is 4. The lowest BCUT2D eigenvalue weighted by atomic mass is 9.84. The normalized spacial score (nSPS) is 22.0. The molecule has 49 heavy (non-hydrogen) atoms. The fourth-order valence-electron chi connectivity index (χ4n) is 6.67. The number of nitrogens with zero attached hydrogens (tertiary/aromatic N) is 1. The first-order valence-electron chi connectivity index (χ1n) is 16.2. The average Bonchev–Trinajstić information content (AvgIpc) is 3.41. The van der Waals surface area contributed by atoms with Crippen LogP contribution in [0.4, 0.5) is 5.69 Å². The number of cyclic esters (lactones) is 2. The number of piperidine rings is 1. The monoisotopic (exact) mass is 682 g/mol. The zero-order chi connectivity index (χ0) is 34.1. The Bertz CT molecular complexity index is 1870. The van der Waals surface area contributed by atoms with Gasteiger partial charge in [-0.25, -0.2) is 9.59 Å². The number of likely N-dealkylation sites (tertiary alicyclic amines) is 1. The highest BCUT2D eigenvalue weighted by molar-refractivity contribution is 6.30. The fraction of sp³-hybridized carbons (Fsp3) is 0.289. The third kappa shape index (κ3) is 7.16. The van der Waals surface area contributed by atoms with E-state index in [0.29, 0.717) is 55.2 Å². The van der Waals surface area contributed by atoms with Crippen LogP contribution in [-0.2, 0) is 26.4 Å². The molecular formula is C38H35ClN2O8. The van der Waals surface area contributed by atoms with Gasteiger partial charge in [-0.1, -0.05) is 60.1 Å². The summed E-state index contributed by atoms with van der Waals surface area (Å²) >= 11 is 6.07. The molecule has 0 saturated carbocycles. The summed E-state index contributed by atoms with van der Waals surface area (Å²) in [5, 5.41) is 24.5. The molecule has 3 unspecified atom stereocenters. The number of anilines is 1. The maximum atomic E-state index is 13.1. The second kappa shape index (κ2) is 13.8. The molecule has 1 amide bonds. The Morgan fingerprint density at radius 2 is 1.61 bits per heavy atom. The molecule has 10 nitrogen and oxygen atoms in total. The highest BCUT2D eigenvalue weighted by Gasteiger charge is 2.38. The number of aliphatic hydroxyl groups excluding tert-OH is 1. The molecule has 0 radical (unpaired) electrons. The predicted molar refractivity (Wildman–Crippen MR) is 180 cm³/mol. The van der Waals surface area contributed by atoms with Crippen molar-refractivity contribution < 1.29 is 38.8 Å². The van der Waals surface area contributed by atoms with Gasteiger partial charge in [0, 0.05) is 47.9 Å². The lowest BCUT2D eigenvalue weighted by Crippen LogP contribution is -2.46. The number of halogens is 1. The lowest BCUT2D eigenvalue weighted by molar-refractivity contribution is -0.253. The first-order valence-corrected chi connectivity index (χ1v) is 16.6. The first kappa shape index (κ1) is 33.1. The number of ether oxygens (including phenoxy) is 3. The van der Waals surface area contributed by atoms with E-state index in [0.717, 1.165) is 16.7 Å². The van der Waals surface area contributed by atoms with E-state index < -0.39 is 29.7 Å². The van der Waals surface area contributed by atoms with E-state index in [9.17, 15) is 24.6 Å². The van der Waals surface area contributed by atoms with E-state index in [-0.39, 0.29) is 35.5 Å². The number of carbonyl (C=O) groups excluding carboxylic acids is 3. The number of aliphatic hydroxyl groups is 2. The molecule has 2 fully saturated rings. The van der Waals surface area contributed by atoms with Gasteiger partial charge in [0.1, 0.15) is 0 Å². The maximum Gasteiger partial charge on any atom is 0.346 e. The van der Waals surface area contributed by atoms with Crippen LogP contribution in [0, 0.1) is 0 Å². The standard InChI is InChI=1S/C38H35ClN2O8/c39-28-11-9-27(10-12-28)38(46)14-16-41(17-15-38)21-30-20-33(24-6-4-23(22-42)5-7-24)48-37(47-30)26-2-1-3-29(18-26)40-34(43)25-8-13-31-32(19-25)36(45)49-35(31)44/h1-13,18-19,30,33,37,42,46H,14-17,20-22H2,(H,40,43). The molecule has 0 aliphatic carbocycles. The number of amides is 1. The number of carbonyl (C=O) groups is 3. The van der Waals surface area contributed by atoms with Crippen LogP contribution in [0.25, 0.3) is 0 Å². The van der Waals surface area contributed by atoms with E-state index >= 15 is 0 Å². The number of rotatable bonds is 8. The van der Waals surface area contributed by atoms with Crippen molar-refractivity contribution in [1.82, 2.24) is 4.90 Å². The molecule has 252 valence electrons. The van der Waals surface area contributed by atoms with Crippen LogP contribution in [0.1, 0.15) is 85.0 Å². The number of nitrogens with one attached hydrogen (secondary N) is 1. The van der Waals surface area contributed by atoms with E-state index in [4.69, 9.17) is 21.1 Å².